The van der Waals surface area contributed by atoms with Gasteiger partial charge in [0.15, 0.2) is 9.84 Å². The van der Waals surface area contributed by atoms with Gasteiger partial charge in [0, 0.05) is 13.1 Å². The normalized spacial score (nSPS) is 24.6. The van der Waals surface area contributed by atoms with Crippen LogP contribution in [-0.4, -0.2) is 37.2 Å². The number of rotatable bonds is 5. The van der Waals surface area contributed by atoms with E-state index in [1.807, 2.05) is 0 Å². The molecule has 1 aliphatic rings. The van der Waals surface area contributed by atoms with Crippen molar-refractivity contribution in [1.82, 2.24) is 5.32 Å². The summed E-state index contributed by atoms with van der Waals surface area (Å²) in [6.45, 7) is 0.202. The summed E-state index contributed by atoms with van der Waals surface area (Å²) in [4.78, 5) is 0. The first kappa shape index (κ1) is 16.3. The van der Waals surface area contributed by atoms with Crippen LogP contribution in [0.15, 0.2) is 18.2 Å². The van der Waals surface area contributed by atoms with E-state index in [-0.39, 0.29) is 31.0 Å². The second-order valence-corrected chi connectivity index (χ2v) is 7.51. The first-order chi connectivity index (χ1) is 9.71. The molecule has 21 heavy (non-hydrogen) atoms. The van der Waals surface area contributed by atoms with Crippen LogP contribution in [0.4, 0.5) is 13.2 Å². The van der Waals surface area contributed by atoms with Crippen molar-refractivity contribution in [3.8, 4) is 0 Å². The highest BCUT2D eigenvalue weighted by atomic mass is 32.2. The number of halogens is 3. The monoisotopic (exact) mass is 323 g/mol. The molecule has 0 radical (unpaired) electrons. The molecule has 1 heterocycles. The lowest BCUT2D eigenvalue weighted by molar-refractivity contribution is 0.0670. The van der Waals surface area contributed by atoms with Gasteiger partial charge in [-0.1, -0.05) is 12.1 Å². The van der Waals surface area contributed by atoms with Gasteiger partial charge in [-0.25, -0.2) is 21.6 Å². The molecular weight excluding hydrogens is 307 g/mol. The second kappa shape index (κ2) is 5.94. The third-order valence-corrected chi connectivity index (χ3v) is 5.25. The van der Waals surface area contributed by atoms with Crippen molar-refractivity contribution in [2.45, 2.75) is 25.0 Å². The number of alkyl halides is 2. The molecule has 1 atom stereocenters. The van der Waals surface area contributed by atoms with Gasteiger partial charge < -0.3 is 10.4 Å². The third-order valence-electron chi connectivity index (χ3n) is 3.45. The quantitative estimate of drug-likeness (QED) is 0.860. The van der Waals surface area contributed by atoms with Crippen molar-refractivity contribution in [2.75, 3.05) is 18.1 Å². The largest absolute Gasteiger partial charge is 0.387 e. The molecular formula is C13H16F3NO3S. The molecule has 2 rings (SSSR count). The maximum atomic E-state index is 13.4. The number of hydrogen-bond donors (Lipinski definition) is 2. The lowest BCUT2D eigenvalue weighted by atomic mass is 10.0. The molecule has 1 fully saturated rings. The SMILES string of the molecule is O=S1(=O)CCC(O)(CNCc2ccc(C(F)F)c(F)c2)C1. The van der Waals surface area contributed by atoms with Crippen LogP contribution in [0, 0.1) is 5.82 Å². The van der Waals surface area contributed by atoms with E-state index in [0.717, 1.165) is 12.1 Å². The Labute approximate surface area is 120 Å². The Morgan fingerprint density at radius 1 is 1.38 bits per heavy atom. The molecule has 1 unspecified atom stereocenters. The molecule has 0 bridgehead atoms. The van der Waals surface area contributed by atoms with Crippen LogP contribution < -0.4 is 5.32 Å². The van der Waals surface area contributed by atoms with Gasteiger partial charge in [0.2, 0.25) is 0 Å². The molecule has 1 aromatic rings. The van der Waals surface area contributed by atoms with Gasteiger partial charge in [-0.2, -0.15) is 0 Å². The number of nitrogens with one attached hydrogen (secondary N) is 1. The van der Waals surface area contributed by atoms with Gasteiger partial charge in [0.25, 0.3) is 6.43 Å². The minimum absolute atomic E-state index is 0.0461. The van der Waals surface area contributed by atoms with Crippen LogP contribution >= 0.6 is 0 Å². The molecule has 0 spiro atoms. The zero-order valence-electron chi connectivity index (χ0n) is 11.2. The minimum Gasteiger partial charge on any atom is -0.387 e. The van der Waals surface area contributed by atoms with Crippen LogP contribution in [0.3, 0.4) is 0 Å². The maximum Gasteiger partial charge on any atom is 0.266 e. The summed E-state index contributed by atoms with van der Waals surface area (Å²) >= 11 is 0. The second-order valence-electron chi connectivity index (χ2n) is 5.33. The summed E-state index contributed by atoms with van der Waals surface area (Å²) in [7, 11) is -3.20. The molecule has 1 aliphatic heterocycles. The predicted octanol–water partition coefficient (Wildman–Crippen LogP) is 1.40. The summed E-state index contributed by atoms with van der Waals surface area (Å²) in [5, 5.41) is 12.9. The molecule has 0 aromatic heterocycles. The van der Waals surface area contributed by atoms with Gasteiger partial charge in [0.1, 0.15) is 5.82 Å². The fraction of sp³-hybridized carbons (Fsp3) is 0.538. The lowest BCUT2D eigenvalue weighted by Gasteiger charge is -2.21. The van der Waals surface area contributed by atoms with E-state index in [4.69, 9.17) is 0 Å². The molecule has 4 nitrogen and oxygen atoms in total. The van der Waals surface area contributed by atoms with Gasteiger partial charge in [-0.15, -0.1) is 0 Å². The predicted molar refractivity (Wildman–Crippen MR) is 71.3 cm³/mol. The standard InChI is InChI=1S/C13H16F3NO3S/c14-11-5-9(1-2-10(11)12(15)16)6-17-7-13(18)3-4-21(19,20)8-13/h1-2,5,12,17-18H,3-4,6-8H2. The highest BCUT2D eigenvalue weighted by molar-refractivity contribution is 7.91. The Morgan fingerprint density at radius 3 is 2.62 bits per heavy atom. The van der Waals surface area contributed by atoms with Crippen molar-refractivity contribution in [2.24, 2.45) is 0 Å². The summed E-state index contributed by atoms with van der Waals surface area (Å²) in [5.74, 6) is -1.33. The summed E-state index contributed by atoms with van der Waals surface area (Å²) in [6.07, 6.45) is -2.71. The first-order valence-electron chi connectivity index (χ1n) is 6.41. The lowest BCUT2D eigenvalue weighted by Crippen LogP contribution is -2.41. The van der Waals surface area contributed by atoms with Crippen molar-refractivity contribution in [3.05, 3.63) is 35.1 Å². The Kier molecular flexibility index (Phi) is 4.60. The third kappa shape index (κ3) is 4.18. The molecule has 0 aliphatic carbocycles. The van der Waals surface area contributed by atoms with Crippen LogP contribution in [0.5, 0.6) is 0 Å². The van der Waals surface area contributed by atoms with E-state index in [1.54, 1.807) is 0 Å². The van der Waals surface area contributed by atoms with E-state index in [2.05, 4.69) is 5.32 Å². The fourth-order valence-electron chi connectivity index (χ4n) is 2.34. The van der Waals surface area contributed by atoms with E-state index in [0.29, 0.717) is 5.56 Å². The van der Waals surface area contributed by atoms with Crippen LogP contribution in [0.2, 0.25) is 0 Å². The highest BCUT2D eigenvalue weighted by Gasteiger charge is 2.40. The van der Waals surface area contributed by atoms with Crippen LogP contribution in [0.25, 0.3) is 0 Å². The fourth-order valence-corrected chi connectivity index (χ4v) is 4.24. The van der Waals surface area contributed by atoms with Crippen molar-refractivity contribution < 1.29 is 26.7 Å². The average Bonchev–Trinajstić information content (AvgIpc) is 2.63. The van der Waals surface area contributed by atoms with Crippen LogP contribution in [0.1, 0.15) is 24.0 Å². The smallest absolute Gasteiger partial charge is 0.266 e. The van der Waals surface area contributed by atoms with Crippen LogP contribution in [-0.2, 0) is 16.4 Å². The van der Waals surface area contributed by atoms with Gasteiger partial charge in [-0.3, -0.25) is 0 Å². The number of benzene rings is 1. The Balaban J connectivity index is 1.91. The topological polar surface area (TPSA) is 66.4 Å². The number of aliphatic hydroxyl groups is 1. The maximum absolute atomic E-state index is 13.4. The minimum atomic E-state index is -3.20. The van der Waals surface area contributed by atoms with Crippen molar-refractivity contribution >= 4 is 9.84 Å². The van der Waals surface area contributed by atoms with Gasteiger partial charge >= 0.3 is 0 Å². The van der Waals surface area contributed by atoms with Gasteiger partial charge in [0.05, 0.1) is 22.7 Å². The molecule has 2 N–H and O–H groups in total. The average molecular weight is 323 g/mol. The zero-order valence-corrected chi connectivity index (χ0v) is 12.0. The molecule has 0 amide bonds. The molecule has 118 valence electrons. The van der Waals surface area contributed by atoms with E-state index in [1.165, 1.54) is 6.07 Å². The first-order valence-corrected chi connectivity index (χ1v) is 8.23. The number of hydrogen-bond acceptors (Lipinski definition) is 4. The van der Waals surface area contributed by atoms with Crippen molar-refractivity contribution in [1.29, 1.82) is 0 Å². The number of sulfone groups is 1. The van der Waals surface area contributed by atoms with E-state index < -0.39 is 33.2 Å². The summed E-state index contributed by atoms with van der Waals surface area (Å²) in [6, 6.07) is 3.39. The summed E-state index contributed by atoms with van der Waals surface area (Å²) in [5.41, 5.74) is -1.53. The Bertz CT molecular complexity index is 621. The molecule has 0 saturated carbocycles. The highest BCUT2D eigenvalue weighted by Crippen LogP contribution is 2.24. The Morgan fingerprint density at radius 2 is 2.10 bits per heavy atom. The molecule has 1 aromatic carbocycles. The Hall–Kier alpha value is -1.12. The van der Waals surface area contributed by atoms with E-state index in [9.17, 15) is 26.7 Å². The zero-order chi connectivity index (χ0) is 15.7. The van der Waals surface area contributed by atoms with Gasteiger partial charge in [-0.05, 0) is 18.1 Å². The molecule has 8 heteroatoms. The van der Waals surface area contributed by atoms with E-state index >= 15 is 0 Å². The summed E-state index contributed by atoms with van der Waals surface area (Å²) < 4.78 is 60.8. The van der Waals surface area contributed by atoms with Crippen molar-refractivity contribution in [3.63, 3.8) is 0 Å². The molecule has 1 saturated heterocycles.